The van der Waals surface area contributed by atoms with Crippen LogP contribution in [-0.4, -0.2) is 32.4 Å². The van der Waals surface area contributed by atoms with Gasteiger partial charge in [-0.2, -0.15) is 0 Å². The predicted octanol–water partition coefficient (Wildman–Crippen LogP) is 2.00. The number of hydrogen-bond acceptors (Lipinski definition) is 6. The molecule has 1 aliphatic rings. The van der Waals surface area contributed by atoms with Crippen molar-refractivity contribution in [2.45, 2.75) is 19.4 Å². The SMILES string of the molecule is CCC(Oc1cccc(/C=C2\SC(=S)N(N)C2=O)c1)C(=O)O. The first-order valence-corrected chi connectivity index (χ1v) is 7.67. The number of carbonyl (C=O) groups excluding carboxylic acids is 1. The average molecular weight is 338 g/mol. The van der Waals surface area contributed by atoms with Crippen molar-refractivity contribution in [1.29, 1.82) is 0 Å². The predicted molar refractivity (Wildman–Crippen MR) is 88.0 cm³/mol. The van der Waals surface area contributed by atoms with Gasteiger partial charge in [0.2, 0.25) is 0 Å². The Bertz CT molecular complexity index is 660. The fourth-order valence-electron chi connectivity index (χ4n) is 1.78. The van der Waals surface area contributed by atoms with Gasteiger partial charge >= 0.3 is 5.97 Å². The van der Waals surface area contributed by atoms with E-state index in [-0.39, 0.29) is 5.91 Å². The van der Waals surface area contributed by atoms with Crippen molar-refractivity contribution in [2.24, 2.45) is 5.84 Å². The van der Waals surface area contributed by atoms with Gasteiger partial charge in [-0.1, -0.05) is 43.0 Å². The summed E-state index contributed by atoms with van der Waals surface area (Å²) in [6.45, 7) is 1.73. The topological polar surface area (TPSA) is 92.9 Å². The Kier molecular flexibility index (Phi) is 5.17. The Morgan fingerprint density at radius 2 is 2.32 bits per heavy atom. The number of carboxylic acid groups (broad SMARTS) is 1. The number of thiocarbonyl (C=S) groups is 1. The van der Waals surface area contributed by atoms with Crippen molar-refractivity contribution in [3.63, 3.8) is 0 Å². The van der Waals surface area contributed by atoms with Gasteiger partial charge in [0.05, 0.1) is 4.91 Å². The van der Waals surface area contributed by atoms with Crippen molar-refractivity contribution in [3.8, 4) is 5.75 Å². The summed E-state index contributed by atoms with van der Waals surface area (Å²) in [7, 11) is 0. The lowest BCUT2D eigenvalue weighted by Crippen LogP contribution is -2.34. The van der Waals surface area contributed by atoms with E-state index in [1.54, 1.807) is 37.3 Å². The maximum absolute atomic E-state index is 11.8. The van der Waals surface area contributed by atoms with Gasteiger partial charge in [0, 0.05) is 0 Å². The molecule has 0 bridgehead atoms. The van der Waals surface area contributed by atoms with E-state index in [9.17, 15) is 9.59 Å². The van der Waals surface area contributed by atoms with Gasteiger partial charge in [0.25, 0.3) is 5.91 Å². The van der Waals surface area contributed by atoms with Crippen LogP contribution in [0.3, 0.4) is 0 Å². The second-order valence-electron chi connectivity index (χ2n) is 4.48. The number of benzene rings is 1. The average Bonchev–Trinajstić information content (AvgIpc) is 2.72. The second kappa shape index (κ2) is 6.91. The third-order valence-corrected chi connectivity index (χ3v) is 4.23. The van der Waals surface area contributed by atoms with Crippen LogP contribution in [0.5, 0.6) is 5.75 Å². The summed E-state index contributed by atoms with van der Waals surface area (Å²) in [5, 5.41) is 9.93. The highest BCUT2D eigenvalue weighted by molar-refractivity contribution is 8.26. The smallest absolute Gasteiger partial charge is 0.344 e. The van der Waals surface area contributed by atoms with Crippen LogP contribution in [0.25, 0.3) is 6.08 Å². The van der Waals surface area contributed by atoms with E-state index >= 15 is 0 Å². The molecule has 0 aromatic heterocycles. The van der Waals surface area contributed by atoms with Crippen LogP contribution in [0.2, 0.25) is 0 Å². The number of aliphatic carboxylic acids is 1. The maximum atomic E-state index is 11.8. The Morgan fingerprint density at radius 1 is 1.59 bits per heavy atom. The first-order valence-electron chi connectivity index (χ1n) is 6.44. The Morgan fingerprint density at radius 3 is 2.86 bits per heavy atom. The maximum Gasteiger partial charge on any atom is 0.344 e. The third-order valence-electron chi connectivity index (χ3n) is 2.90. The minimum atomic E-state index is -1.02. The summed E-state index contributed by atoms with van der Waals surface area (Å²) in [6.07, 6.45) is 1.09. The van der Waals surface area contributed by atoms with Gasteiger partial charge in [-0.25, -0.2) is 15.6 Å². The quantitative estimate of drug-likeness (QED) is 0.367. The molecule has 1 fully saturated rings. The lowest BCUT2D eigenvalue weighted by Gasteiger charge is -2.13. The fourth-order valence-corrected chi connectivity index (χ4v) is 2.88. The first-order chi connectivity index (χ1) is 10.4. The van der Waals surface area contributed by atoms with Gasteiger partial charge in [0.15, 0.2) is 10.4 Å². The third kappa shape index (κ3) is 3.65. The number of hydrazine groups is 1. The molecule has 8 heteroatoms. The number of hydrogen-bond donors (Lipinski definition) is 2. The van der Waals surface area contributed by atoms with Gasteiger partial charge in [-0.15, -0.1) is 0 Å². The molecule has 0 spiro atoms. The summed E-state index contributed by atoms with van der Waals surface area (Å²) in [4.78, 5) is 23.2. The molecule has 0 aliphatic carbocycles. The normalized spacial score (nSPS) is 17.9. The number of rotatable bonds is 5. The highest BCUT2D eigenvalue weighted by atomic mass is 32.2. The van der Waals surface area contributed by atoms with Crippen molar-refractivity contribution < 1.29 is 19.4 Å². The van der Waals surface area contributed by atoms with E-state index in [1.807, 2.05) is 0 Å². The largest absolute Gasteiger partial charge is 0.479 e. The van der Waals surface area contributed by atoms with Crippen molar-refractivity contribution in [3.05, 3.63) is 34.7 Å². The molecule has 1 saturated heterocycles. The minimum absolute atomic E-state index is 0.292. The number of amides is 1. The molecule has 0 radical (unpaired) electrons. The van der Waals surface area contributed by atoms with E-state index < -0.39 is 12.1 Å². The molecular weight excluding hydrogens is 324 g/mol. The fraction of sp³-hybridized carbons (Fsp3) is 0.214. The Hall–Kier alpha value is -1.90. The number of nitrogens with two attached hydrogens (primary N) is 1. The van der Waals surface area contributed by atoms with Crippen LogP contribution in [-0.2, 0) is 9.59 Å². The molecule has 6 nitrogen and oxygen atoms in total. The molecule has 0 saturated carbocycles. The molecule has 1 atom stereocenters. The summed E-state index contributed by atoms with van der Waals surface area (Å²) in [5.74, 6) is 4.55. The molecule has 3 N–H and O–H groups in total. The molecule has 1 unspecified atom stereocenters. The summed E-state index contributed by atoms with van der Waals surface area (Å²) >= 11 is 6.07. The lowest BCUT2D eigenvalue weighted by molar-refractivity contribution is -0.145. The van der Waals surface area contributed by atoms with Crippen LogP contribution in [0, 0.1) is 0 Å². The van der Waals surface area contributed by atoms with Gasteiger partial charge in [-0.3, -0.25) is 4.79 Å². The van der Waals surface area contributed by atoms with Crippen molar-refractivity contribution >= 4 is 46.3 Å². The molecule has 1 heterocycles. The number of ether oxygens (including phenoxy) is 1. The van der Waals surface area contributed by atoms with Crippen LogP contribution >= 0.6 is 24.0 Å². The first kappa shape index (κ1) is 16.5. The van der Waals surface area contributed by atoms with Crippen molar-refractivity contribution in [1.82, 2.24) is 5.01 Å². The van der Waals surface area contributed by atoms with E-state index in [2.05, 4.69) is 0 Å². The minimum Gasteiger partial charge on any atom is -0.479 e. The second-order valence-corrected chi connectivity index (χ2v) is 6.15. The molecule has 2 rings (SSSR count). The zero-order valence-electron chi connectivity index (χ0n) is 11.7. The van der Waals surface area contributed by atoms with Crippen LogP contribution in [0.15, 0.2) is 29.2 Å². The van der Waals surface area contributed by atoms with E-state index in [1.165, 1.54) is 0 Å². The molecular formula is C14H14N2O4S2. The van der Waals surface area contributed by atoms with E-state index in [0.717, 1.165) is 16.8 Å². The zero-order valence-corrected chi connectivity index (χ0v) is 13.3. The monoisotopic (exact) mass is 338 g/mol. The summed E-state index contributed by atoms with van der Waals surface area (Å²) < 4.78 is 5.71. The highest BCUT2D eigenvalue weighted by Crippen LogP contribution is 2.31. The van der Waals surface area contributed by atoms with Gasteiger partial charge < -0.3 is 9.84 Å². The van der Waals surface area contributed by atoms with Crippen LogP contribution in [0.1, 0.15) is 18.9 Å². The van der Waals surface area contributed by atoms with Crippen molar-refractivity contribution in [2.75, 3.05) is 0 Å². The van der Waals surface area contributed by atoms with Gasteiger partial charge in [-0.05, 0) is 30.2 Å². The number of nitrogens with zero attached hydrogens (tertiary/aromatic N) is 1. The molecule has 1 aliphatic heterocycles. The molecule has 1 aromatic carbocycles. The summed E-state index contributed by atoms with van der Waals surface area (Å²) in [6, 6.07) is 6.82. The molecule has 1 amide bonds. The summed E-state index contributed by atoms with van der Waals surface area (Å²) in [5.41, 5.74) is 0.701. The molecule has 1 aromatic rings. The number of thioether (sulfide) groups is 1. The molecule has 116 valence electrons. The Balaban J connectivity index is 2.21. The molecule has 22 heavy (non-hydrogen) atoms. The zero-order chi connectivity index (χ0) is 16.3. The number of carbonyl (C=O) groups is 2. The van der Waals surface area contributed by atoms with Gasteiger partial charge in [0.1, 0.15) is 5.75 Å². The highest BCUT2D eigenvalue weighted by Gasteiger charge is 2.29. The standard InChI is InChI=1S/C14H14N2O4S2/c1-2-10(13(18)19)20-9-5-3-4-8(6-9)7-11-12(17)16(15)14(21)22-11/h3-7,10H,2,15H2,1H3,(H,18,19)/b11-7-. The van der Waals surface area contributed by atoms with E-state index in [0.29, 0.717) is 27.0 Å². The lowest BCUT2D eigenvalue weighted by atomic mass is 10.2. The van der Waals surface area contributed by atoms with Crippen LogP contribution in [0.4, 0.5) is 0 Å². The Labute approximate surface area is 136 Å². The van der Waals surface area contributed by atoms with E-state index in [4.69, 9.17) is 27.9 Å². The number of carboxylic acids is 1. The van der Waals surface area contributed by atoms with Crippen LogP contribution < -0.4 is 10.6 Å².